The molecule has 0 aliphatic carbocycles. The molecular weight excluding hydrogens is 338 g/mol. The predicted octanol–water partition coefficient (Wildman–Crippen LogP) is 1.19. The number of methoxy groups -OCH3 is 3. The molecule has 0 N–H and O–H groups in total. The summed E-state index contributed by atoms with van der Waals surface area (Å²) in [6, 6.07) is 0.448. The largest absolute Gasteiger partial charge is 0.508 e. The van der Waals surface area contributed by atoms with Gasteiger partial charge in [0.1, 0.15) is 0 Å². The second kappa shape index (κ2) is 14.2. The molecular formula is C14H31NO6SSi. The molecule has 138 valence electrons. The third-order valence-corrected chi connectivity index (χ3v) is 6.51. The van der Waals surface area contributed by atoms with Crippen molar-refractivity contribution in [1.29, 1.82) is 0 Å². The second-order valence-corrected chi connectivity index (χ2v) is 7.85. The molecule has 0 heterocycles. The molecule has 0 aromatic carbocycles. The Bertz CT molecular complexity index is 284. The monoisotopic (exact) mass is 369 g/mol. The molecule has 0 spiro atoms. The molecule has 0 aromatic heterocycles. The second-order valence-electron chi connectivity index (χ2n) is 4.79. The number of thiocarbonyl (C=S) groups is 1. The van der Waals surface area contributed by atoms with E-state index < -0.39 is 8.80 Å². The molecule has 9 heteroatoms. The number of ether oxygens (including phenoxy) is 3. The Morgan fingerprint density at radius 1 is 0.826 bits per heavy atom. The van der Waals surface area contributed by atoms with Gasteiger partial charge in [0.25, 0.3) is 0 Å². The van der Waals surface area contributed by atoms with Gasteiger partial charge >= 0.3 is 8.80 Å². The van der Waals surface area contributed by atoms with Crippen LogP contribution in [0.1, 0.15) is 6.92 Å². The van der Waals surface area contributed by atoms with E-state index in [0.29, 0.717) is 45.7 Å². The SMILES string of the molecule is CCN(C)C(=S)C[Si](OCCOC)(OCCOC)OCCOC. The molecule has 0 fully saturated rings. The fourth-order valence-electron chi connectivity index (χ4n) is 1.62. The molecule has 0 radical (unpaired) electrons. The van der Waals surface area contributed by atoms with E-state index in [4.69, 9.17) is 39.7 Å². The van der Waals surface area contributed by atoms with Crippen LogP contribution < -0.4 is 0 Å². The first-order valence-electron chi connectivity index (χ1n) is 7.67. The van der Waals surface area contributed by atoms with Crippen molar-refractivity contribution in [2.24, 2.45) is 0 Å². The Hall–Kier alpha value is -0.133. The van der Waals surface area contributed by atoms with E-state index in [1.807, 2.05) is 18.9 Å². The van der Waals surface area contributed by atoms with Crippen molar-refractivity contribution in [3.63, 3.8) is 0 Å². The maximum atomic E-state index is 5.97. The molecule has 0 saturated carbocycles. The van der Waals surface area contributed by atoms with E-state index in [2.05, 4.69) is 0 Å². The Balaban J connectivity index is 4.95. The zero-order valence-electron chi connectivity index (χ0n) is 15.0. The predicted molar refractivity (Wildman–Crippen MR) is 94.9 cm³/mol. The van der Waals surface area contributed by atoms with E-state index in [1.54, 1.807) is 21.3 Å². The van der Waals surface area contributed by atoms with E-state index in [-0.39, 0.29) is 0 Å². The number of hydrogen-bond acceptors (Lipinski definition) is 7. The summed E-state index contributed by atoms with van der Waals surface area (Å²) >= 11 is 5.49. The van der Waals surface area contributed by atoms with Gasteiger partial charge in [-0.3, -0.25) is 0 Å². The van der Waals surface area contributed by atoms with Gasteiger partial charge in [-0.25, -0.2) is 0 Å². The smallest absolute Gasteiger partial charge is 0.382 e. The van der Waals surface area contributed by atoms with Crippen LogP contribution in [0.4, 0.5) is 0 Å². The molecule has 0 aliphatic rings. The van der Waals surface area contributed by atoms with Crippen molar-refractivity contribution >= 4 is 26.0 Å². The molecule has 0 saturated heterocycles. The van der Waals surface area contributed by atoms with Crippen molar-refractivity contribution in [1.82, 2.24) is 4.90 Å². The van der Waals surface area contributed by atoms with Crippen molar-refractivity contribution < 1.29 is 27.5 Å². The van der Waals surface area contributed by atoms with Gasteiger partial charge < -0.3 is 32.4 Å². The highest BCUT2D eigenvalue weighted by Crippen LogP contribution is 2.18. The molecule has 0 bridgehead atoms. The maximum Gasteiger partial charge on any atom is 0.508 e. The van der Waals surface area contributed by atoms with Crippen LogP contribution in [0.5, 0.6) is 0 Å². The lowest BCUT2D eigenvalue weighted by Gasteiger charge is -2.31. The fraction of sp³-hybridized carbons (Fsp3) is 0.929. The quantitative estimate of drug-likeness (QED) is 0.242. The summed E-state index contributed by atoms with van der Waals surface area (Å²) in [5.41, 5.74) is 0. The van der Waals surface area contributed by atoms with E-state index in [0.717, 1.165) is 11.5 Å². The topological polar surface area (TPSA) is 58.6 Å². The van der Waals surface area contributed by atoms with E-state index in [9.17, 15) is 0 Å². The lowest BCUT2D eigenvalue weighted by molar-refractivity contribution is 0.0169. The van der Waals surface area contributed by atoms with Crippen LogP contribution in [-0.2, 0) is 27.5 Å². The maximum absolute atomic E-state index is 5.97. The molecule has 7 nitrogen and oxygen atoms in total. The van der Waals surface area contributed by atoms with Crippen molar-refractivity contribution in [2.45, 2.75) is 13.0 Å². The minimum Gasteiger partial charge on any atom is -0.382 e. The van der Waals surface area contributed by atoms with Crippen LogP contribution in [0.2, 0.25) is 6.04 Å². The highest BCUT2D eigenvalue weighted by molar-refractivity contribution is 7.80. The van der Waals surface area contributed by atoms with Gasteiger partial charge in [0.2, 0.25) is 0 Å². The van der Waals surface area contributed by atoms with Gasteiger partial charge in [-0.05, 0) is 6.92 Å². The summed E-state index contributed by atoms with van der Waals surface area (Å²) in [5.74, 6) is 0. The first-order valence-corrected chi connectivity index (χ1v) is 10.0. The van der Waals surface area contributed by atoms with Gasteiger partial charge in [0.05, 0.1) is 50.7 Å². The van der Waals surface area contributed by atoms with Crippen LogP contribution in [-0.4, -0.2) is 93.3 Å². The fourth-order valence-corrected chi connectivity index (χ4v) is 4.66. The average Bonchev–Trinajstić information content (AvgIpc) is 2.54. The average molecular weight is 370 g/mol. The lowest BCUT2D eigenvalue weighted by atomic mass is 10.6. The minimum atomic E-state index is -2.97. The number of nitrogens with zero attached hydrogens (tertiary/aromatic N) is 1. The lowest BCUT2D eigenvalue weighted by Crippen LogP contribution is -2.51. The molecule has 0 rings (SSSR count). The van der Waals surface area contributed by atoms with Crippen LogP contribution in [0.3, 0.4) is 0 Å². The third-order valence-electron chi connectivity index (χ3n) is 3.10. The molecule has 0 aliphatic heterocycles. The number of hydrogen-bond donors (Lipinski definition) is 0. The van der Waals surface area contributed by atoms with Crippen LogP contribution in [0, 0.1) is 0 Å². The van der Waals surface area contributed by atoms with E-state index in [1.165, 1.54) is 0 Å². The molecule has 0 amide bonds. The summed E-state index contributed by atoms with van der Waals surface area (Å²) < 4.78 is 33.1. The van der Waals surface area contributed by atoms with Gasteiger partial charge in [-0.2, -0.15) is 0 Å². The summed E-state index contributed by atoms with van der Waals surface area (Å²) in [7, 11) is 3.85. The normalized spacial score (nSPS) is 11.7. The number of rotatable bonds is 15. The molecule has 0 atom stereocenters. The zero-order valence-corrected chi connectivity index (χ0v) is 16.8. The van der Waals surface area contributed by atoms with Crippen molar-refractivity contribution in [3.05, 3.63) is 0 Å². The summed E-state index contributed by atoms with van der Waals surface area (Å²) in [6.45, 7) is 5.42. The molecule has 23 heavy (non-hydrogen) atoms. The van der Waals surface area contributed by atoms with E-state index >= 15 is 0 Å². The van der Waals surface area contributed by atoms with Crippen molar-refractivity contribution in [2.75, 3.05) is 74.6 Å². The summed E-state index contributed by atoms with van der Waals surface area (Å²) in [5, 5.41) is 0. The minimum absolute atomic E-state index is 0.390. The van der Waals surface area contributed by atoms with Gasteiger partial charge in [0, 0.05) is 34.9 Å². The van der Waals surface area contributed by atoms with Gasteiger partial charge in [-0.15, -0.1) is 0 Å². The Kier molecular flexibility index (Phi) is 14.1. The van der Waals surface area contributed by atoms with Crippen LogP contribution >= 0.6 is 12.2 Å². The van der Waals surface area contributed by atoms with Crippen LogP contribution in [0.25, 0.3) is 0 Å². The Morgan fingerprint density at radius 3 is 1.52 bits per heavy atom. The highest BCUT2D eigenvalue weighted by Gasteiger charge is 2.43. The van der Waals surface area contributed by atoms with Crippen LogP contribution in [0.15, 0.2) is 0 Å². The van der Waals surface area contributed by atoms with Gasteiger partial charge in [-0.1, -0.05) is 12.2 Å². The molecule has 0 unspecified atom stereocenters. The first kappa shape index (κ1) is 22.9. The molecule has 0 aromatic rings. The summed E-state index contributed by atoms with van der Waals surface area (Å²) in [6.07, 6.45) is 0. The highest BCUT2D eigenvalue weighted by atomic mass is 32.1. The Morgan fingerprint density at radius 2 is 1.22 bits per heavy atom. The van der Waals surface area contributed by atoms with Gasteiger partial charge in [0.15, 0.2) is 0 Å². The first-order chi connectivity index (χ1) is 11.0. The standard InChI is InChI=1S/C14H31NO6SSi/c1-6-15(2)14(22)13-23(19-10-7-16-3,20-11-8-17-4)21-12-9-18-5/h6-13H2,1-5H3. The third kappa shape index (κ3) is 10.4. The Labute approximate surface area is 146 Å². The van der Waals surface area contributed by atoms with Crippen molar-refractivity contribution in [3.8, 4) is 0 Å². The summed E-state index contributed by atoms with van der Waals surface area (Å²) in [4.78, 5) is 2.74. The zero-order chi connectivity index (χ0) is 17.6.